The van der Waals surface area contributed by atoms with E-state index in [1.54, 1.807) is 41.7 Å². The molecule has 0 aromatic carbocycles. The molecule has 0 radical (unpaired) electrons. The molecule has 8 atom stereocenters. The van der Waals surface area contributed by atoms with Crippen LogP contribution in [0, 0.1) is 74.9 Å². The number of hydrogen-bond donors (Lipinski definition) is 4. The van der Waals surface area contributed by atoms with Crippen molar-refractivity contribution in [2.24, 2.45) is 68.5 Å². The molecule has 16 aliphatic rings. The number of hydrogen-bond acceptors (Lipinski definition) is 5. The Kier molecular flexibility index (Phi) is 70.3. The van der Waals surface area contributed by atoms with Gasteiger partial charge in [0.25, 0.3) is 0 Å². The predicted octanol–water partition coefficient (Wildman–Crippen LogP) is 28.7. The molecule has 0 aromatic heterocycles. The third-order valence-corrected chi connectivity index (χ3v) is 27.3. The van der Waals surface area contributed by atoms with Crippen molar-refractivity contribution in [2.45, 2.75) is 353 Å². The fourth-order valence-electron chi connectivity index (χ4n) is 17.6. The first-order valence-corrected chi connectivity index (χ1v) is 56.2. The van der Waals surface area contributed by atoms with E-state index in [1.165, 1.54) is 89.9 Å². The molecule has 9 saturated carbocycles. The Balaban J connectivity index is -0.000000278. The van der Waals surface area contributed by atoms with E-state index in [9.17, 15) is 4.79 Å². The van der Waals surface area contributed by atoms with Gasteiger partial charge in [-0.05, 0) is 218 Å². The van der Waals surface area contributed by atoms with Crippen LogP contribution in [0.4, 0.5) is 0 Å². The van der Waals surface area contributed by atoms with Crippen molar-refractivity contribution in [2.75, 3.05) is 4.93 Å². The second kappa shape index (κ2) is 64.2. The van der Waals surface area contributed by atoms with Crippen LogP contribution in [-0.2, 0) is 15.2 Å². The number of rotatable bonds is 0. The summed E-state index contributed by atoms with van der Waals surface area (Å²) < 4.78 is 31.0. The van der Waals surface area contributed by atoms with E-state index in [0.717, 1.165) is 150 Å². The molecule has 4 N–H and O–H groups in total. The summed E-state index contributed by atoms with van der Waals surface area (Å²) in [7, 11) is 10.2. The molecule has 8 unspecified atom stereocenters. The first kappa shape index (κ1) is 124. The van der Waals surface area contributed by atoms with Crippen molar-refractivity contribution >= 4 is 240 Å². The minimum atomic E-state index is -4.67. The summed E-state index contributed by atoms with van der Waals surface area (Å²) in [6, 6.07) is 0. The van der Waals surface area contributed by atoms with Gasteiger partial charge in [-0.1, -0.05) is 275 Å². The molecule has 16 rings (SSSR count). The predicted molar refractivity (Wildman–Crippen MR) is 524 cm³/mol. The van der Waals surface area contributed by atoms with Gasteiger partial charge in [-0.15, -0.1) is 75.2 Å². The average molecular weight is 2190 g/mol. The molecule has 7 nitrogen and oxygen atoms in total. The Hall–Kier alpha value is 4.44. The molecular formula is C88H147AlBr4Cl9IMg2O7S. The van der Waals surface area contributed by atoms with Gasteiger partial charge in [0.1, 0.15) is 10.1 Å². The summed E-state index contributed by atoms with van der Waals surface area (Å²) in [6.45, 7) is 31.6. The number of aliphatic hydroxyl groups excluding tert-OH is 2. The van der Waals surface area contributed by atoms with Gasteiger partial charge in [0.15, 0.2) is 0 Å². The quantitative estimate of drug-likeness (QED) is 0.0474. The molecule has 0 saturated heterocycles. The van der Waals surface area contributed by atoms with Crippen LogP contribution in [0.3, 0.4) is 0 Å². The van der Waals surface area contributed by atoms with E-state index >= 15 is 0 Å². The second-order valence-electron chi connectivity index (χ2n) is 34.7. The van der Waals surface area contributed by atoms with Crippen LogP contribution < -0.4 is 17.0 Å². The normalized spacial score (nSPS) is 30.3. The van der Waals surface area contributed by atoms with Crippen LogP contribution in [0.2, 0.25) is 0 Å². The zero-order chi connectivity index (χ0) is 83.2. The number of allylic oxidation sites excluding steroid dienone is 18. The van der Waals surface area contributed by atoms with Gasteiger partial charge in [0.2, 0.25) is 0 Å². The molecule has 113 heavy (non-hydrogen) atoms. The largest absolute Gasteiger partial charge is 2.00 e. The summed E-state index contributed by atoms with van der Waals surface area (Å²) >= 11 is 43.5. The van der Waals surface area contributed by atoms with E-state index in [0.29, 0.717) is 66.2 Å². The number of halogens is 14. The Labute approximate surface area is 821 Å². The zero-order valence-corrected chi connectivity index (χ0v) is 90.6. The van der Waals surface area contributed by atoms with Gasteiger partial charge in [-0.2, -0.15) is 20.8 Å². The van der Waals surface area contributed by atoms with Crippen molar-refractivity contribution in [1.29, 1.82) is 0 Å². The van der Waals surface area contributed by atoms with Gasteiger partial charge >= 0.3 is 67.9 Å². The summed E-state index contributed by atoms with van der Waals surface area (Å²) in [5.74, 6) is 6.04. The van der Waals surface area contributed by atoms with Crippen LogP contribution in [-0.4, -0.2) is 139 Å². The maximum absolute atomic E-state index is 11.4. The summed E-state index contributed by atoms with van der Waals surface area (Å²) in [5, 5.41) is 19.5. The van der Waals surface area contributed by atoms with Gasteiger partial charge < -0.3 is 36.5 Å². The van der Waals surface area contributed by atoms with E-state index < -0.39 is 26.1 Å². The Morgan fingerprint density at radius 1 is 0.513 bits per heavy atom. The van der Waals surface area contributed by atoms with Crippen LogP contribution in [0.15, 0.2) is 107 Å². The van der Waals surface area contributed by atoms with Crippen LogP contribution in [0.5, 0.6) is 0 Å². The molecule has 25 heteroatoms. The van der Waals surface area contributed by atoms with Gasteiger partial charge in [0.05, 0.1) is 12.2 Å². The fraction of sp³-hybridized carbons (Fsp3) is 0.773. The number of ketones is 1. The first-order chi connectivity index (χ1) is 50.8. The van der Waals surface area contributed by atoms with Crippen molar-refractivity contribution in [3.8, 4) is 0 Å². The molecule has 0 spiro atoms. The van der Waals surface area contributed by atoms with E-state index in [2.05, 4.69) is 235 Å². The van der Waals surface area contributed by atoms with Gasteiger partial charge in [-0.25, -0.2) is 30.1 Å². The second-order valence-corrected chi connectivity index (χ2v) is 47.8. The standard InChI is InChI=1S/C10H16O.C10H16.C9H13Br.C9H13.C9H12.2C6H10Cl2.C6H12O2.C6H12.2C6H8.C3H6Cl2.CH3I.CH4.Al.Br2.BrH.3ClH.2Mg.H2O4S.2H/c1-6-4-8-9(11)5-7(6)10(8,2)3;1-7-6-8-4-5-9(7)10(8,2)3;1-9(2)6-3-4-7(9)8(10)5-6;2*1-9(2)7-3-4-8(9)6-5-7;3*7-5-1-2-6(8)4-3-5;3*1-2-4-6-5-3-1;1-3(2,4)5;1-2;;;1-2;;;;;;;1-5(2,3)4;;/h6-8H,4-5H2,1-3H3;4,7,9H,5-6H2,1-3H3;3,7-8H,4-5H2,1-2H3;3,6-7H,4-5H2,1-2H3;3,6H,4-5H2,1-2H3;2*5-6H,1-4H2;5-8H,1-4H2;1-6H2;2*1-2,5-6H,3-4H2;1-2H3;1H3;1H4;;;4*1H;;;(H2,1,2,3,4);;/q;;;-1;;;;;;;;;;;+3;;;;;;2*+2;;2*-1/p-4. The average Bonchev–Trinajstić information content (AvgIpc) is 1.63. The number of alkyl halides is 8. The summed E-state index contributed by atoms with van der Waals surface area (Å²) in [5.41, 5.74) is 10.7. The van der Waals surface area contributed by atoms with E-state index in [-0.39, 0.29) is 85.6 Å². The molecule has 0 aliphatic heterocycles. The zero-order valence-electron chi connectivity index (χ0n) is 72.5. The SMILES string of the molecule is BrBr.C.C1=CCC=CC1.C1=CCC=CC1.C1CCCCC1.CC(C)(Cl)Cl.CC1(C)C2=CCC1=CC2.CC1(C)C2=CCC1C(Br)C2.CC1(C)C2=CCC1[CH-]C2.CC1CC2=CCC1C2(C)C.CC1CC2C(=O)CC1C2(C)C.CI.ClC1CCC(Cl)CC1.ClC1CCC(Cl)CC1.O=S(=O)(O)O.OC1CCC(O)CC1.[Br-].[Cl][Al]([Cl])[Cl].[H-].[H-].[Mg+2].[Mg+2]. The number of carbonyl (C=O) groups excluding carboxylic acids is 1. The Morgan fingerprint density at radius 2 is 0.814 bits per heavy atom. The monoisotopic (exact) mass is 2180 g/mol. The Bertz CT molecular complexity index is 2750. The van der Waals surface area contributed by atoms with Crippen molar-refractivity contribution < 1.29 is 52.4 Å². The van der Waals surface area contributed by atoms with Gasteiger partial charge in [0, 0.05) is 72.3 Å². The maximum atomic E-state index is 11.4. The van der Waals surface area contributed by atoms with Crippen LogP contribution in [0.1, 0.15) is 313 Å². The molecule has 652 valence electrons. The van der Waals surface area contributed by atoms with E-state index in [4.69, 9.17) is 127 Å². The first-order valence-electron chi connectivity index (χ1n) is 40.3. The third-order valence-electron chi connectivity index (χ3n) is 24.6. The fourth-order valence-corrected chi connectivity index (χ4v) is 19.8. The topological polar surface area (TPSA) is 132 Å². The number of fused-ring (bicyclic) bond motifs is 10. The maximum Gasteiger partial charge on any atom is 2.00 e. The molecule has 10 bridgehead atoms. The third kappa shape index (κ3) is 50.1. The molecule has 9 fully saturated rings. The van der Waals surface area contributed by atoms with Crippen molar-refractivity contribution in [1.82, 2.24) is 0 Å². The summed E-state index contributed by atoms with van der Waals surface area (Å²) in [4.78, 5) is 14.1. The smallest absolute Gasteiger partial charge is 1.00 e. The minimum absolute atomic E-state index is 0. The molecular weight excluding hydrogens is 2040 g/mol. The number of carbonyl (C=O) groups is 1. The molecule has 0 heterocycles. The molecule has 16 aliphatic carbocycles. The van der Waals surface area contributed by atoms with Crippen LogP contribution >= 0.6 is 167 Å². The van der Waals surface area contributed by atoms with Crippen molar-refractivity contribution in [3.63, 3.8) is 0 Å². The number of aliphatic hydroxyl groups is 2. The Morgan fingerprint density at radius 3 is 0.938 bits per heavy atom. The summed E-state index contributed by atoms with van der Waals surface area (Å²) in [6.07, 6.45) is 69.6. The molecule has 0 amide bonds. The van der Waals surface area contributed by atoms with Crippen molar-refractivity contribution in [3.05, 3.63) is 113 Å². The van der Waals surface area contributed by atoms with E-state index in [1.807, 2.05) is 4.93 Å². The molecule has 0 aromatic rings. The minimum Gasteiger partial charge on any atom is -1.00 e. The number of Topliss-reactive ketones (excluding diaryl/α,β-unsaturated/α-hetero) is 1. The van der Waals surface area contributed by atoms with Gasteiger partial charge in [-0.3, -0.25) is 13.9 Å². The van der Waals surface area contributed by atoms with Crippen LogP contribution in [0.25, 0.3) is 0 Å².